The number of primary sulfonamides is 1. The highest BCUT2D eigenvalue weighted by atomic mass is 79.9. The maximum atomic E-state index is 12.0. The molecule has 2 aromatic rings. The first kappa shape index (κ1) is 15.5. The van der Waals surface area contributed by atoms with Gasteiger partial charge in [0, 0.05) is 16.4 Å². The van der Waals surface area contributed by atoms with Crippen molar-refractivity contribution in [1.82, 2.24) is 4.98 Å². The quantitative estimate of drug-likeness (QED) is 0.756. The van der Waals surface area contributed by atoms with Gasteiger partial charge in [0.25, 0.3) is 5.91 Å². The number of nitrogens with one attached hydrogen (secondary N) is 2. The van der Waals surface area contributed by atoms with E-state index >= 15 is 0 Å². The molecule has 0 radical (unpaired) electrons. The first-order valence-corrected chi connectivity index (χ1v) is 8.01. The zero-order valence-electron chi connectivity index (χ0n) is 10.9. The Morgan fingerprint density at radius 1 is 1.38 bits per heavy atom. The zero-order valence-corrected chi connectivity index (χ0v) is 13.3. The Kier molecular flexibility index (Phi) is 4.35. The van der Waals surface area contributed by atoms with Gasteiger partial charge >= 0.3 is 0 Å². The molecule has 2 rings (SSSR count). The minimum atomic E-state index is -3.96. The number of amides is 1. The number of aromatic amines is 1. The molecule has 0 saturated heterocycles. The highest BCUT2D eigenvalue weighted by Gasteiger charge is 2.17. The average Bonchev–Trinajstić information content (AvgIpc) is 2.84. The number of methoxy groups -OCH3 is 1. The van der Waals surface area contributed by atoms with Crippen LogP contribution in [0.15, 0.2) is 39.8 Å². The predicted molar refractivity (Wildman–Crippen MR) is 80.8 cm³/mol. The molecule has 0 saturated carbocycles. The lowest BCUT2D eigenvalue weighted by Gasteiger charge is -2.09. The van der Waals surface area contributed by atoms with Crippen LogP contribution in [0, 0.1) is 0 Å². The van der Waals surface area contributed by atoms with Gasteiger partial charge in [0.1, 0.15) is 16.3 Å². The summed E-state index contributed by atoms with van der Waals surface area (Å²) in [5.74, 6) is -0.302. The number of carbonyl (C=O) groups excluding carboxylic acids is 1. The first-order valence-electron chi connectivity index (χ1n) is 5.67. The van der Waals surface area contributed by atoms with Crippen molar-refractivity contribution in [2.24, 2.45) is 5.14 Å². The number of sulfonamides is 1. The fourth-order valence-corrected chi connectivity index (χ4v) is 2.74. The predicted octanol–water partition coefficient (Wildman–Crippen LogP) is 1.69. The van der Waals surface area contributed by atoms with Crippen LogP contribution in [0.2, 0.25) is 0 Å². The number of anilines is 1. The Hall–Kier alpha value is -1.84. The second-order valence-corrected chi connectivity index (χ2v) is 6.54. The van der Waals surface area contributed by atoms with Gasteiger partial charge in [0.05, 0.1) is 7.11 Å². The van der Waals surface area contributed by atoms with Gasteiger partial charge in [-0.2, -0.15) is 0 Å². The maximum absolute atomic E-state index is 12.0. The molecule has 7 nitrogen and oxygen atoms in total. The number of hydrogen-bond donors (Lipinski definition) is 3. The SMILES string of the molecule is COc1ccc(NC(=O)c2cc(Br)c[nH]2)cc1S(N)(=O)=O. The fraction of sp³-hybridized carbons (Fsp3) is 0.0833. The van der Waals surface area contributed by atoms with Crippen molar-refractivity contribution in [1.29, 1.82) is 0 Å². The summed E-state index contributed by atoms with van der Waals surface area (Å²) in [5, 5.41) is 7.68. The van der Waals surface area contributed by atoms with Crippen molar-refractivity contribution in [3.63, 3.8) is 0 Å². The standard InChI is InChI=1S/C12H12BrN3O4S/c1-20-10-3-2-8(5-11(10)21(14,18)19)16-12(17)9-4-7(13)6-15-9/h2-6,15H,1H3,(H,16,17)(H2,14,18,19). The summed E-state index contributed by atoms with van der Waals surface area (Å²) in [7, 11) is -2.62. The summed E-state index contributed by atoms with van der Waals surface area (Å²) in [6.45, 7) is 0. The largest absolute Gasteiger partial charge is 0.495 e. The molecule has 0 aliphatic carbocycles. The van der Waals surface area contributed by atoms with Crippen LogP contribution in [0.3, 0.4) is 0 Å². The number of benzene rings is 1. The molecule has 1 heterocycles. The lowest BCUT2D eigenvalue weighted by Crippen LogP contribution is -2.16. The number of carbonyl (C=O) groups is 1. The van der Waals surface area contributed by atoms with Crippen molar-refractivity contribution < 1.29 is 17.9 Å². The van der Waals surface area contributed by atoms with Crippen molar-refractivity contribution in [3.05, 3.63) is 40.6 Å². The summed E-state index contributed by atoms with van der Waals surface area (Å²) >= 11 is 3.22. The number of rotatable bonds is 4. The average molecular weight is 374 g/mol. The molecule has 112 valence electrons. The van der Waals surface area contributed by atoms with E-state index in [1.807, 2.05) is 0 Å². The minimum Gasteiger partial charge on any atom is -0.495 e. The van der Waals surface area contributed by atoms with E-state index in [4.69, 9.17) is 9.88 Å². The third-order valence-electron chi connectivity index (χ3n) is 2.62. The van der Waals surface area contributed by atoms with Crippen LogP contribution < -0.4 is 15.2 Å². The van der Waals surface area contributed by atoms with Crippen molar-refractivity contribution >= 4 is 37.5 Å². The van der Waals surface area contributed by atoms with E-state index in [1.54, 1.807) is 12.3 Å². The Bertz CT molecular complexity index is 786. The molecule has 1 aromatic carbocycles. The molecule has 21 heavy (non-hydrogen) atoms. The maximum Gasteiger partial charge on any atom is 0.272 e. The summed E-state index contributed by atoms with van der Waals surface area (Å²) in [5.41, 5.74) is 0.616. The Morgan fingerprint density at radius 3 is 2.62 bits per heavy atom. The Labute approximate surface area is 129 Å². The van der Waals surface area contributed by atoms with E-state index in [0.717, 1.165) is 4.47 Å². The molecule has 0 bridgehead atoms. The number of hydrogen-bond acceptors (Lipinski definition) is 4. The Morgan fingerprint density at radius 2 is 2.10 bits per heavy atom. The van der Waals surface area contributed by atoms with Crippen LogP contribution in [-0.4, -0.2) is 26.4 Å². The van der Waals surface area contributed by atoms with Crippen molar-refractivity contribution in [2.45, 2.75) is 4.90 Å². The molecule has 0 atom stereocenters. The third-order valence-corrected chi connectivity index (χ3v) is 4.01. The molecular weight excluding hydrogens is 362 g/mol. The van der Waals surface area contributed by atoms with Crippen LogP contribution >= 0.6 is 15.9 Å². The van der Waals surface area contributed by atoms with Crippen LogP contribution in [0.4, 0.5) is 5.69 Å². The zero-order chi connectivity index (χ0) is 15.6. The number of aromatic nitrogens is 1. The third kappa shape index (κ3) is 3.63. The van der Waals surface area contributed by atoms with Gasteiger partial charge < -0.3 is 15.0 Å². The van der Waals surface area contributed by atoms with Crippen molar-refractivity contribution in [3.8, 4) is 5.75 Å². The lowest BCUT2D eigenvalue weighted by atomic mass is 10.3. The monoisotopic (exact) mass is 373 g/mol. The molecule has 0 aliphatic rings. The van der Waals surface area contributed by atoms with E-state index in [1.165, 1.54) is 25.3 Å². The molecular formula is C12H12BrN3O4S. The van der Waals surface area contributed by atoms with Gasteiger partial charge in [-0.15, -0.1) is 0 Å². The fourth-order valence-electron chi connectivity index (χ4n) is 1.67. The van der Waals surface area contributed by atoms with Gasteiger partial charge in [-0.25, -0.2) is 13.6 Å². The van der Waals surface area contributed by atoms with E-state index in [9.17, 15) is 13.2 Å². The summed E-state index contributed by atoms with van der Waals surface area (Å²) in [6.07, 6.45) is 1.61. The van der Waals surface area contributed by atoms with E-state index in [2.05, 4.69) is 26.2 Å². The highest BCUT2D eigenvalue weighted by molar-refractivity contribution is 9.10. The van der Waals surface area contributed by atoms with Gasteiger partial charge in [-0.1, -0.05) is 0 Å². The first-order chi connectivity index (χ1) is 9.81. The topological polar surface area (TPSA) is 114 Å². The van der Waals surface area contributed by atoms with Gasteiger partial charge in [0.2, 0.25) is 10.0 Å². The van der Waals surface area contributed by atoms with Gasteiger partial charge in [-0.05, 0) is 40.2 Å². The van der Waals surface area contributed by atoms with E-state index < -0.39 is 15.9 Å². The number of halogens is 1. The molecule has 0 aliphatic heterocycles. The number of nitrogens with two attached hydrogens (primary N) is 1. The van der Waals surface area contributed by atoms with Crippen LogP contribution in [0.25, 0.3) is 0 Å². The summed E-state index contributed by atoms with van der Waals surface area (Å²) < 4.78 is 28.7. The van der Waals surface area contributed by atoms with E-state index in [0.29, 0.717) is 5.69 Å². The minimum absolute atomic E-state index is 0.109. The van der Waals surface area contributed by atoms with Crippen LogP contribution in [-0.2, 0) is 10.0 Å². The molecule has 0 fully saturated rings. The number of H-pyrrole nitrogens is 1. The van der Waals surface area contributed by atoms with Crippen LogP contribution in [0.5, 0.6) is 5.75 Å². The molecule has 0 unspecified atom stereocenters. The molecule has 9 heteroatoms. The molecule has 4 N–H and O–H groups in total. The number of ether oxygens (including phenoxy) is 1. The second-order valence-electron chi connectivity index (χ2n) is 4.10. The van der Waals surface area contributed by atoms with E-state index in [-0.39, 0.29) is 16.3 Å². The molecule has 1 aromatic heterocycles. The van der Waals surface area contributed by atoms with Gasteiger partial charge in [-0.3, -0.25) is 4.79 Å². The molecule has 0 spiro atoms. The summed E-state index contributed by atoms with van der Waals surface area (Å²) in [4.78, 5) is 14.5. The Balaban J connectivity index is 2.31. The smallest absolute Gasteiger partial charge is 0.272 e. The lowest BCUT2D eigenvalue weighted by molar-refractivity contribution is 0.102. The normalized spacial score (nSPS) is 11.2. The highest BCUT2D eigenvalue weighted by Crippen LogP contribution is 2.26. The second kappa shape index (κ2) is 5.88. The van der Waals surface area contributed by atoms with Crippen LogP contribution in [0.1, 0.15) is 10.5 Å². The summed E-state index contributed by atoms with van der Waals surface area (Å²) in [6, 6.07) is 5.77. The molecule has 1 amide bonds. The van der Waals surface area contributed by atoms with Gasteiger partial charge in [0.15, 0.2) is 0 Å². The van der Waals surface area contributed by atoms with Crippen molar-refractivity contribution in [2.75, 3.05) is 12.4 Å².